The van der Waals surface area contributed by atoms with Gasteiger partial charge in [-0.2, -0.15) is 9.98 Å². The Labute approximate surface area is 126 Å². The van der Waals surface area contributed by atoms with Crippen molar-refractivity contribution in [2.75, 3.05) is 0 Å². The first kappa shape index (κ1) is 14.8. The zero-order chi connectivity index (χ0) is 15.1. The second kappa shape index (κ2) is 6.70. The highest BCUT2D eigenvalue weighted by Crippen LogP contribution is 2.18. The van der Waals surface area contributed by atoms with E-state index in [0.717, 1.165) is 16.9 Å². The Kier molecular flexibility index (Phi) is 4.72. The Balaban J connectivity index is 2.28. The Hall–Kier alpha value is -2.62. The Morgan fingerprint density at radius 3 is 2.19 bits per heavy atom. The van der Waals surface area contributed by atoms with Crippen LogP contribution in [0.2, 0.25) is 0 Å². The lowest BCUT2D eigenvalue weighted by atomic mass is 9.97. The van der Waals surface area contributed by atoms with Crippen LogP contribution in [0.15, 0.2) is 64.6 Å². The zero-order valence-corrected chi connectivity index (χ0v) is 12.6. The van der Waals surface area contributed by atoms with Gasteiger partial charge in [-0.1, -0.05) is 42.2 Å². The SMILES string of the molecule is CC(C)(C)C#Cc1ccccc1N=C=Nc1ccccc1. The van der Waals surface area contributed by atoms with E-state index < -0.39 is 0 Å². The first-order chi connectivity index (χ1) is 10.0. The minimum atomic E-state index is -0.0328. The summed E-state index contributed by atoms with van der Waals surface area (Å²) in [5, 5.41) is 0. The molecule has 0 aromatic heterocycles. The van der Waals surface area contributed by atoms with E-state index in [1.807, 2.05) is 54.6 Å². The fourth-order valence-corrected chi connectivity index (χ4v) is 1.57. The van der Waals surface area contributed by atoms with Crippen molar-refractivity contribution in [3.8, 4) is 11.8 Å². The molecule has 0 atom stereocenters. The average Bonchev–Trinajstić information content (AvgIpc) is 2.46. The summed E-state index contributed by atoms with van der Waals surface area (Å²) in [7, 11) is 0. The lowest BCUT2D eigenvalue weighted by Gasteiger charge is -2.07. The second-order valence-corrected chi connectivity index (χ2v) is 5.68. The van der Waals surface area contributed by atoms with Crippen LogP contribution in [-0.2, 0) is 0 Å². The van der Waals surface area contributed by atoms with Crippen LogP contribution in [0.4, 0.5) is 11.4 Å². The molecule has 104 valence electrons. The number of hydrogen-bond acceptors (Lipinski definition) is 2. The van der Waals surface area contributed by atoms with E-state index in [4.69, 9.17) is 0 Å². The highest BCUT2D eigenvalue weighted by molar-refractivity contribution is 5.63. The van der Waals surface area contributed by atoms with Crippen molar-refractivity contribution < 1.29 is 0 Å². The molecule has 2 rings (SSSR count). The van der Waals surface area contributed by atoms with Crippen LogP contribution in [0.1, 0.15) is 26.3 Å². The molecular weight excluding hydrogens is 256 g/mol. The Morgan fingerprint density at radius 2 is 1.48 bits per heavy atom. The largest absolute Gasteiger partial charge is 0.188 e. The normalized spacial score (nSPS) is 10.0. The van der Waals surface area contributed by atoms with Crippen LogP contribution in [0, 0.1) is 17.3 Å². The summed E-state index contributed by atoms with van der Waals surface area (Å²) in [6.45, 7) is 6.26. The van der Waals surface area contributed by atoms with E-state index >= 15 is 0 Å². The molecular formula is C19H18N2. The number of para-hydroxylation sites is 2. The van der Waals surface area contributed by atoms with E-state index in [2.05, 4.69) is 48.6 Å². The van der Waals surface area contributed by atoms with Crippen LogP contribution in [0.5, 0.6) is 0 Å². The first-order valence-corrected chi connectivity index (χ1v) is 6.88. The maximum absolute atomic E-state index is 4.28. The van der Waals surface area contributed by atoms with Gasteiger partial charge in [0.25, 0.3) is 0 Å². The number of hydrogen-bond donors (Lipinski definition) is 0. The van der Waals surface area contributed by atoms with Gasteiger partial charge in [-0.3, -0.25) is 0 Å². The van der Waals surface area contributed by atoms with Gasteiger partial charge in [0.1, 0.15) is 6.01 Å². The van der Waals surface area contributed by atoms with Gasteiger partial charge in [0.15, 0.2) is 0 Å². The topological polar surface area (TPSA) is 24.7 Å². The lowest BCUT2D eigenvalue weighted by Crippen LogP contribution is -1.99. The molecule has 0 spiro atoms. The minimum absolute atomic E-state index is 0.0328. The van der Waals surface area contributed by atoms with Crippen LogP contribution in [-0.4, -0.2) is 6.01 Å². The molecule has 2 heteroatoms. The molecule has 0 saturated heterocycles. The third-order valence-electron chi connectivity index (χ3n) is 2.58. The van der Waals surface area contributed by atoms with Crippen LogP contribution < -0.4 is 0 Å². The molecule has 21 heavy (non-hydrogen) atoms. The molecule has 0 bridgehead atoms. The standard InChI is InChI=1S/C19H18N2/c1-19(2,3)14-13-16-9-7-8-12-18(16)21-15-20-17-10-5-4-6-11-17/h4-12H,1-3H3. The third kappa shape index (κ3) is 5.10. The van der Waals surface area contributed by atoms with Gasteiger partial charge in [-0.15, -0.1) is 0 Å². The van der Waals surface area contributed by atoms with Crippen LogP contribution in [0.3, 0.4) is 0 Å². The molecule has 0 unspecified atom stereocenters. The van der Waals surface area contributed by atoms with Gasteiger partial charge < -0.3 is 0 Å². The molecule has 0 aliphatic carbocycles. The van der Waals surface area contributed by atoms with Crippen molar-refractivity contribution in [1.29, 1.82) is 0 Å². The monoisotopic (exact) mass is 274 g/mol. The summed E-state index contributed by atoms with van der Waals surface area (Å²) in [5.74, 6) is 6.39. The molecule has 0 aliphatic heterocycles. The molecule has 0 fully saturated rings. The maximum Gasteiger partial charge on any atom is 0.101 e. The summed E-state index contributed by atoms with van der Waals surface area (Å²) in [5.41, 5.74) is 2.48. The van der Waals surface area contributed by atoms with Crippen molar-refractivity contribution >= 4 is 17.4 Å². The molecule has 0 saturated carbocycles. The summed E-state index contributed by atoms with van der Waals surface area (Å²) >= 11 is 0. The third-order valence-corrected chi connectivity index (χ3v) is 2.58. The summed E-state index contributed by atoms with van der Waals surface area (Å²) < 4.78 is 0. The van der Waals surface area contributed by atoms with Crippen LogP contribution >= 0.6 is 0 Å². The smallest absolute Gasteiger partial charge is 0.101 e. The van der Waals surface area contributed by atoms with Gasteiger partial charge in [0.05, 0.1) is 16.9 Å². The van der Waals surface area contributed by atoms with E-state index in [1.54, 1.807) is 0 Å². The van der Waals surface area contributed by atoms with Crippen molar-refractivity contribution in [2.45, 2.75) is 20.8 Å². The fraction of sp³-hybridized carbons (Fsp3) is 0.211. The van der Waals surface area contributed by atoms with E-state index in [-0.39, 0.29) is 5.41 Å². The predicted molar refractivity (Wildman–Crippen MR) is 88.4 cm³/mol. The predicted octanol–water partition coefficient (Wildman–Crippen LogP) is 5.22. The lowest BCUT2D eigenvalue weighted by molar-refractivity contribution is 0.571. The quantitative estimate of drug-likeness (QED) is 0.529. The fourth-order valence-electron chi connectivity index (χ4n) is 1.57. The van der Waals surface area contributed by atoms with Gasteiger partial charge in [0.2, 0.25) is 0 Å². The van der Waals surface area contributed by atoms with Crippen molar-refractivity contribution in [3.05, 3.63) is 60.2 Å². The number of benzene rings is 2. The molecule has 0 N–H and O–H groups in total. The minimum Gasteiger partial charge on any atom is -0.188 e. The van der Waals surface area contributed by atoms with E-state index in [1.165, 1.54) is 0 Å². The molecule has 0 radical (unpaired) electrons. The van der Waals surface area contributed by atoms with Crippen LogP contribution in [0.25, 0.3) is 0 Å². The molecule has 0 amide bonds. The second-order valence-electron chi connectivity index (χ2n) is 5.68. The van der Waals surface area contributed by atoms with Gasteiger partial charge >= 0.3 is 0 Å². The number of nitrogens with zero attached hydrogens (tertiary/aromatic N) is 2. The number of aliphatic imine (C=N–C) groups is 2. The molecule has 2 aromatic carbocycles. The van der Waals surface area contributed by atoms with E-state index in [0.29, 0.717) is 0 Å². The summed E-state index contributed by atoms with van der Waals surface area (Å²) in [6.07, 6.45) is 0. The first-order valence-electron chi connectivity index (χ1n) is 6.88. The highest BCUT2D eigenvalue weighted by atomic mass is 14.8. The van der Waals surface area contributed by atoms with Crippen molar-refractivity contribution in [2.24, 2.45) is 15.4 Å². The number of rotatable bonds is 2. The summed E-state index contributed by atoms with van der Waals surface area (Å²) in [6, 6.07) is 20.1. The molecule has 2 aromatic rings. The Morgan fingerprint density at radius 1 is 0.810 bits per heavy atom. The van der Waals surface area contributed by atoms with E-state index in [9.17, 15) is 0 Å². The van der Waals surface area contributed by atoms with Gasteiger partial charge in [-0.25, -0.2) is 0 Å². The molecule has 2 nitrogen and oxygen atoms in total. The summed E-state index contributed by atoms with van der Waals surface area (Å²) in [4.78, 5) is 8.47. The highest BCUT2D eigenvalue weighted by Gasteiger charge is 2.04. The Bertz CT molecular complexity index is 719. The average molecular weight is 274 g/mol. The van der Waals surface area contributed by atoms with Crippen molar-refractivity contribution in [3.63, 3.8) is 0 Å². The van der Waals surface area contributed by atoms with Crippen molar-refractivity contribution in [1.82, 2.24) is 0 Å². The maximum atomic E-state index is 4.28. The zero-order valence-electron chi connectivity index (χ0n) is 12.6. The molecule has 0 aliphatic rings. The molecule has 0 heterocycles. The van der Waals surface area contributed by atoms with Gasteiger partial charge in [-0.05, 0) is 45.0 Å². The van der Waals surface area contributed by atoms with Gasteiger partial charge in [0, 0.05) is 5.41 Å².